The molecule has 0 amide bonds. The normalized spacial score (nSPS) is 18.0. The topological polar surface area (TPSA) is 36.9 Å². The number of hydrogen-bond acceptors (Lipinski definition) is 4. The van der Waals surface area contributed by atoms with Gasteiger partial charge >= 0.3 is 0 Å². The fraction of sp³-hybridized carbons (Fsp3) is 1.00. The lowest BCUT2D eigenvalue weighted by Crippen LogP contribution is -2.31. The second kappa shape index (κ2) is 11.4. The van der Waals surface area contributed by atoms with Crippen LogP contribution in [0.5, 0.6) is 0 Å². The molecule has 4 heteroatoms. The zero-order valence-electron chi connectivity index (χ0n) is 16.0. The summed E-state index contributed by atoms with van der Waals surface area (Å²) in [5, 5.41) is 0. The molecule has 0 aromatic rings. The van der Waals surface area contributed by atoms with E-state index in [1.165, 1.54) is 0 Å². The number of rotatable bonds is 12. The molecular formula is C18H38O4. The van der Waals surface area contributed by atoms with Crippen molar-refractivity contribution < 1.29 is 18.9 Å². The smallest absolute Gasteiger partial charge is 0.0787 e. The van der Waals surface area contributed by atoms with E-state index in [4.69, 9.17) is 18.9 Å². The van der Waals surface area contributed by atoms with Gasteiger partial charge in [-0.3, -0.25) is 0 Å². The summed E-state index contributed by atoms with van der Waals surface area (Å²) in [5.74, 6) is 0. The minimum atomic E-state index is -0.135. The third-order valence-electron chi connectivity index (χ3n) is 3.10. The van der Waals surface area contributed by atoms with E-state index in [1.807, 2.05) is 20.8 Å². The van der Waals surface area contributed by atoms with Gasteiger partial charge in [0.05, 0.1) is 49.8 Å². The van der Waals surface area contributed by atoms with Crippen LogP contribution in [0.1, 0.15) is 68.2 Å². The average molecular weight is 318 g/mol. The van der Waals surface area contributed by atoms with E-state index >= 15 is 0 Å². The molecular weight excluding hydrogens is 280 g/mol. The van der Waals surface area contributed by atoms with E-state index in [9.17, 15) is 0 Å². The van der Waals surface area contributed by atoms with Crippen molar-refractivity contribution in [2.75, 3.05) is 19.8 Å². The lowest BCUT2D eigenvalue weighted by molar-refractivity contribution is -0.113. The fourth-order valence-corrected chi connectivity index (χ4v) is 2.12. The van der Waals surface area contributed by atoms with Gasteiger partial charge < -0.3 is 18.9 Å². The highest BCUT2D eigenvalue weighted by molar-refractivity contribution is 4.63. The van der Waals surface area contributed by atoms with E-state index in [0.29, 0.717) is 25.9 Å². The minimum absolute atomic E-state index is 0.0570. The Morgan fingerprint density at radius 2 is 1.09 bits per heavy atom. The molecule has 0 aromatic heterocycles. The second-order valence-electron chi connectivity index (χ2n) is 7.26. The molecule has 22 heavy (non-hydrogen) atoms. The van der Waals surface area contributed by atoms with Crippen molar-refractivity contribution in [3.63, 3.8) is 0 Å². The van der Waals surface area contributed by atoms with Crippen molar-refractivity contribution in [1.29, 1.82) is 0 Å². The summed E-state index contributed by atoms with van der Waals surface area (Å²) in [6.45, 7) is 18.3. The van der Waals surface area contributed by atoms with Crippen LogP contribution >= 0.6 is 0 Å². The fourth-order valence-electron chi connectivity index (χ4n) is 2.12. The predicted molar refractivity (Wildman–Crippen MR) is 91.5 cm³/mol. The molecule has 0 radical (unpaired) electrons. The largest absolute Gasteiger partial charge is 0.376 e. The van der Waals surface area contributed by atoms with Crippen molar-refractivity contribution in [2.24, 2.45) is 0 Å². The molecule has 4 nitrogen and oxygen atoms in total. The van der Waals surface area contributed by atoms with Gasteiger partial charge in [-0.1, -0.05) is 13.3 Å². The highest BCUT2D eigenvalue weighted by atomic mass is 16.6. The van der Waals surface area contributed by atoms with Gasteiger partial charge in [-0.25, -0.2) is 0 Å². The molecule has 0 bridgehead atoms. The Kier molecular flexibility index (Phi) is 11.3. The van der Waals surface area contributed by atoms with Crippen molar-refractivity contribution in [2.45, 2.75) is 98.2 Å². The highest BCUT2D eigenvalue weighted by Gasteiger charge is 2.16. The third-order valence-corrected chi connectivity index (χ3v) is 3.10. The highest BCUT2D eigenvalue weighted by Crippen LogP contribution is 2.11. The Labute approximate surface area is 137 Å². The molecule has 0 N–H and O–H groups in total. The molecule has 4 unspecified atom stereocenters. The van der Waals surface area contributed by atoms with Crippen LogP contribution in [0.2, 0.25) is 0 Å². The van der Waals surface area contributed by atoms with E-state index < -0.39 is 0 Å². The van der Waals surface area contributed by atoms with Crippen molar-refractivity contribution in [1.82, 2.24) is 0 Å². The second-order valence-corrected chi connectivity index (χ2v) is 7.26. The zero-order valence-corrected chi connectivity index (χ0v) is 16.0. The lowest BCUT2D eigenvalue weighted by Gasteiger charge is -2.26. The summed E-state index contributed by atoms with van der Waals surface area (Å²) >= 11 is 0. The molecule has 0 aliphatic rings. The number of hydrogen-bond donors (Lipinski definition) is 0. The van der Waals surface area contributed by atoms with Gasteiger partial charge in [0.25, 0.3) is 0 Å². The minimum Gasteiger partial charge on any atom is -0.376 e. The van der Waals surface area contributed by atoms with Crippen molar-refractivity contribution in [3.8, 4) is 0 Å². The van der Waals surface area contributed by atoms with Crippen LogP contribution in [-0.4, -0.2) is 49.8 Å². The Balaban J connectivity index is 3.73. The Morgan fingerprint density at radius 1 is 0.682 bits per heavy atom. The van der Waals surface area contributed by atoms with E-state index in [0.717, 1.165) is 12.8 Å². The van der Waals surface area contributed by atoms with Crippen molar-refractivity contribution >= 4 is 0 Å². The van der Waals surface area contributed by atoms with E-state index in [1.54, 1.807) is 0 Å². The molecule has 0 rings (SSSR count). The summed E-state index contributed by atoms with van der Waals surface area (Å²) in [7, 11) is 0. The third kappa shape index (κ3) is 13.5. The van der Waals surface area contributed by atoms with Crippen molar-refractivity contribution in [3.05, 3.63) is 0 Å². The quantitative estimate of drug-likeness (QED) is 0.540. The van der Waals surface area contributed by atoms with Gasteiger partial charge in [0.1, 0.15) is 0 Å². The maximum Gasteiger partial charge on any atom is 0.0787 e. The van der Waals surface area contributed by atoms with Crippen LogP contribution in [0.3, 0.4) is 0 Å². The molecule has 134 valence electrons. The Hall–Kier alpha value is -0.160. The van der Waals surface area contributed by atoms with Gasteiger partial charge in [0.15, 0.2) is 0 Å². The molecule has 0 heterocycles. The first kappa shape index (κ1) is 21.8. The van der Waals surface area contributed by atoms with Gasteiger partial charge in [0.2, 0.25) is 0 Å². The van der Waals surface area contributed by atoms with Crippen LogP contribution in [0.25, 0.3) is 0 Å². The molecule has 0 fully saturated rings. The maximum absolute atomic E-state index is 5.82. The van der Waals surface area contributed by atoms with Gasteiger partial charge in [-0.2, -0.15) is 0 Å². The van der Waals surface area contributed by atoms with Gasteiger partial charge in [-0.05, 0) is 54.9 Å². The lowest BCUT2D eigenvalue weighted by atomic mass is 10.2. The van der Waals surface area contributed by atoms with E-state index in [-0.39, 0.29) is 23.9 Å². The van der Waals surface area contributed by atoms with Crippen LogP contribution in [0.4, 0.5) is 0 Å². The average Bonchev–Trinajstić information content (AvgIpc) is 2.39. The summed E-state index contributed by atoms with van der Waals surface area (Å²) in [6.07, 6.45) is 2.78. The van der Waals surface area contributed by atoms with Gasteiger partial charge in [0, 0.05) is 0 Å². The number of ether oxygens (including phenoxy) is 4. The summed E-state index contributed by atoms with van der Waals surface area (Å²) in [5.41, 5.74) is -0.135. The van der Waals surface area contributed by atoms with Crippen LogP contribution in [-0.2, 0) is 18.9 Å². The first-order chi connectivity index (χ1) is 10.1. The maximum atomic E-state index is 5.82. The van der Waals surface area contributed by atoms with Crippen LogP contribution < -0.4 is 0 Å². The Morgan fingerprint density at radius 3 is 1.50 bits per heavy atom. The molecule has 0 saturated heterocycles. The Bertz CT molecular complexity index is 262. The molecule has 0 aliphatic heterocycles. The molecule has 0 spiro atoms. The first-order valence-corrected chi connectivity index (χ1v) is 8.66. The van der Waals surface area contributed by atoms with Crippen LogP contribution in [0, 0.1) is 0 Å². The molecule has 4 atom stereocenters. The summed E-state index contributed by atoms with van der Waals surface area (Å²) in [6, 6.07) is 0. The van der Waals surface area contributed by atoms with E-state index in [2.05, 4.69) is 34.6 Å². The first-order valence-electron chi connectivity index (χ1n) is 8.66. The summed E-state index contributed by atoms with van der Waals surface area (Å²) < 4.78 is 23.1. The van der Waals surface area contributed by atoms with Gasteiger partial charge in [-0.15, -0.1) is 0 Å². The van der Waals surface area contributed by atoms with Crippen LogP contribution in [0.15, 0.2) is 0 Å². The SMILES string of the molecule is CCCC(C)OCC(C)OCC(C)OCC(C)OC(C)(C)C. The molecule has 0 aliphatic carbocycles. The standard InChI is InChI=1S/C18H38O4/c1-9-10-14(2)19-11-15(3)20-12-16(4)21-13-17(5)22-18(6,7)8/h14-17H,9-13H2,1-8H3. The summed E-state index contributed by atoms with van der Waals surface area (Å²) in [4.78, 5) is 0. The predicted octanol–water partition coefficient (Wildman–Crippen LogP) is 4.21. The molecule has 0 saturated carbocycles. The zero-order chi connectivity index (χ0) is 17.2. The monoisotopic (exact) mass is 318 g/mol. The molecule has 0 aromatic carbocycles.